The molecule has 106 valence electrons. The maximum Gasteiger partial charge on any atom is 0.0749 e. The van der Waals surface area contributed by atoms with Gasteiger partial charge in [0.2, 0.25) is 0 Å². The molecular formula is C19H20N2. The first-order valence-electron chi connectivity index (χ1n) is 7.39. The zero-order valence-electron chi connectivity index (χ0n) is 12.3. The van der Waals surface area contributed by atoms with Gasteiger partial charge in [0.25, 0.3) is 0 Å². The minimum absolute atomic E-state index is 0.0177. The van der Waals surface area contributed by atoms with E-state index in [0.717, 1.165) is 29.3 Å². The lowest BCUT2D eigenvalue weighted by Crippen LogP contribution is -2.12. The molecule has 0 fully saturated rings. The molecule has 0 radical (unpaired) electrons. The van der Waals surface area contributed by atoms with Gasteiger partial charge in [0.1, 0.15) is 0 Å². The number of hydrogen-bond acceptors (Lipinski definition) is 2. The summed E-state index contributed by atoms with van der Waals surface area (Å²) >= 11 is 0. The number of hydrogen-bond donors (Lipinski definition) is 1. The zero-order chi connectivity index (χ0) is 14.7. The van der Waals surface area contributed by atoms with E-state index < -0.39 is 0 Å². The molecule has 2 N–H and O–H groups in total. The van der Waals surface area contributed by atoms with Gasteiger partial charge in [-0.1, -0.05) is 54.1 Å². The topological polar surface area (TPSA) is 38.9 Å². The molecule has 1 heterocycles. The highest BCUT2D eigenvalue weighted by molar-refractivity contribution is 5.81. The van der Waals surface area contributed by atoms with Gasteiger partial charge in [-0.05, 0) is 37.0 Å². The Morgan fingerprint density at radius 2 is 1.86 bits per heavy atom. The second-order valence-electron chi connectivity index (χ2n) is 5.56. The van der Waals surface area contributed by atoms with Crippen LogP contribution in [0.3, 0.4) is 0 Å². The average molecular weight is 276 g/mol. The molecule has 1 atom stereocenters. The van der Waals surface area contributed by atoms with E-state index in [2.05, 4.69) is 60.4 Å². The smallest absolute Gasteiger partial charge is 0.0749 e. The summed E-state index contributed by atoms with van der Waals surface area (Å²) in [5.41, 5.74) is 11.2. The Hall–Kier alpha value is -2.19. The predicted molar refractivity (Wildman–Crippen MR) is 88.2 cm³/mol. The van der Waals surface area contributed by atoms with Gasteiger partial charge in [-0.15, -0.1) is 0 Å². The van der Waals surface area contributed by atoms with Crippen LogP contribution in [0.25, 0.3) is 10.9 Å². The third-order valence-electron chi connectivity index (χ3n) is 3.89. The maximum absolute atomic E-state index is 6.41. The molecule has 0 amide bonds. The molecule has 0 spiro atoms. The number of fused-ring (bicyclic) bond motifs is 1. The van der Waals surface area contributed by atoms with Gasteiger partial charge in [-0.25, -0.2) is 0 Å². The largest absolute Gasteiger partial charge is 0.324 e. The highest BCUT2D eigenvalue weighted by Crippen LogP contribution is 2.24. The molecule has 0 saturated carbocycles. The molecule has 0 aliphatic rings. The van der Waals surface area contributed by atoms with Crippen LogP contribution in [0.5, 0.6) is 0 Å². The molecule has 2 nitrogen and oxygen atoms in total. The van der Waals surface area contributed by atoms with Crippen molar-refractivity contribution in [3.8, 4) is 0 Å². The summed E-state index contributed by atoms with van der Waals surface area (Å²) in [6.45, 7) is 2.12. The molecule has 1 unspecified atom stereocenters. The summed E-state index contributed by atoms with van der Waals surface area (Å²) in [5.74, 6) is 0. The van der Waals surface area contributed by atoms with Crippen molar-refractivity contribution in [3.63, 3.8) is 0 Å². The van der Waals surface area contributed by atoms with Crippen LogP contribution in [-0.2, 0) is 6.42 Å². The lowest BCUT2D eigenvalue weighted by Gasteiger charge is -2.14. The Balaban J connectivity index is 1.79. The Bertz CT molecular complexity index is 744. The number of para-hydroxylation sites is 1. The minimum Gasteiger partial charge on any atom is -0.324 e. The summed E-state index contributed by atoms with van der Waals surface area (Å²) in [6, 6.07) is 18.9. The molecule has 1 aromatic heterocycles. The second-order valence-corrected chi connectivity index (χ2v) is 5.56. The summed E-state index contributed by atoms with van der Waals surface area (Å²) < 4.78 is 0. The van der Waals surface area contributed by atoms with Crippen LogP contribution < -0.4 is 5.73 Å². The first kappa shape index (κ1) is 13.8. The van der Waals surface area contributed by atoms with Crippen molar-refractivity contribution in [2.75, 3.05) is 0 Å². The fraction of sp³-hybridized carbons (Fsp3) is 0.211. The Kier molecular flexibility index (Phi) is 3.98. The summed E-state index contributed by atoms with van der Waals surface area (Å²) in [7, 11) is 0. The van der Waals surface area contributed by atoms with Crippen LogP contribution in [0.2, 0.25) is 0 Å². The monoisotopic (exact) mass is 276 g/mol. The molecule has 0 aliphatic carbocycles. The number of benzene rings is 2. The number of rotatable bonds is 4. The van der Waals surface area contributed by atoms with Crippen molar-refractivity contribution < 1.29 is 0 Å². The molecule has 0 bridgehead atoms. The number of nitrogens with two attached hydrogens (primary N) is 1. The average Bonchev–Trinajstić information content (AvgIpc) is 2.52. The lowest BCUT2D eigenvalue weighted by molar-refractivity contribution is 0.654. The van der Waals surface area contributed by atoms with Gasteiger partial charge >= 0.3 is 0 Å². The van der Waals surface area contributed by atoms with Crippen molar-refractivity contribution in [2.45, 2.75) is 25.8 Å². The van der Waals surface area contributed by atoms with Crippen LogP contribution in [0.4, 0.5) is 0 Å². The van der Waals surface area contributed by atoms with Gasteiger partial charge in [-0.2, -0.15) is 0 Å². The van der Waals surface area contributed by atoms with Gasteiger partial charge < -0.3 is 5.73 Å². The molecule has 0 aliphatic heterocycles. The van der Waals surface area contributed by atoms with E-state index >= 15 is 0 Å². The molecule has 3 rings (SSSR count). The van der Waals surface area contributed by atoms with Crippen LogP contribution >= 0.6 is 0 Å². The van der Waals surface area contributed by atoms with Crippen molar-refractivity contribution in [2.24, 2.45) is 5.73 Å². The third-order valence-corrected chi connectivity index (χ3v) is 3.89. The fourth-order valence-corrected chi connectivity index (χ4v) is 2.77. The molecule has 2 aromatic carbocycles. The minimum atomic E-state index is 0.0177. The van der Waals surface area contributed by atoms with Crippen molar-refractivity contribution >= 4 is 10.9 Å². The van der Waals surface area contributed by atoms with Crippen LogP contribution in [-0.4, -0.2) is 4.98 Å². The third kappa shape index (κ3) is 3.11. The second kappa shape index (κ2) is 6.06. The van der Waals surface area contributed by atoms with Crippen molar-refractivity contribution in [1.82, 2.24) is 4.98 Å². The number of aromatic nitrogens is 1. The number of nitrogens with zero attached hydrogens (tertiary/aromatic N) is 1. The van der Waals surface area contributed by atoms with E-state index in [0.29, 0.717) is 0 Å². The molecular weight excluding hydrogens is 256 g/mol. The first-order chi connectivity index (χ1) is 10.2. The standard InChI is InChI=1S/C19H20N2/c1-14-5-2-6-15(13-14)10-11-18(20)17-9-3-7-16-8-4-12-21-19(16)17/h2-9,12-13,18H,10-11,20H2,1H3. The van der Waals surface area contributed by atoms with Gasteiger partial charge in [-0.3, -0.25) is 4.98 Å². The molecule has 21 heavy (non-hydrogen) atoms. The van der Waals surface area contributed by atoms with Gasteiger partial charge in [0.15, 0.2) is 0 Å². The van der Waals surface area contributed by atoms with Crippen LogP contribution in [0, 0.1) is 6.92 Å². The van der Waals surface area contributed by atoms with E-state index in [4.69, 9.17) is 5.73 Å². The zero-order valence-corrected chi connectivity index (χ0v) is 12.3. The summed E-state index contributed by atoms with van der Waals surface area (Å²) in [5, 5.41) is 1.15. The van der Waals surface area contributed by atoms with E-state index in [1.165, 1.54) is 11.1 Å². The predicted octanol–water partition coefficient (Wildman–Crippen LogP) is 4.18. The van der Waals surface area contributed by atoms with E-state index in [-0.39, 0.29) is 6.04 Å². The van der Waals surface area contributed by atoms with Gasteiger partial charge in [0, 0.05) is 17.6 Å². The van der Waals surface area contributed by atoms with E-state index in [1.54, 1.807) is 0 Å². The van der Waals surface area contributed by atoms with Crippen molar-refractivity contribution in [3.05, 3.63) is 77.5 Å². The Morgan fingerprint density at radius 1 is 1.05 bits per heavy atom. The quantitative estimate of drug-likeness (QED) is 0.776. The molecule has 0 saturated heterocycles. The highest BCUT2D eigenvalue weighted by atomic mass is 14.7. The van der Waals surface area contributed by atoms with Crippen molar-refractivity contribution in [1.29, 1.82) is 0 Å². The lowest BCUT2D eigenvalue weighted by atomic mass is 9.97. The first-order valence-corrected chi connectivity index (χ1v) is 7.39. The van der Waals surface area contributed by atoms with Crippen LogP contribution in [0.15, 0.2) is 60.8 Å². The highest BCUT2D eigenvalue weighted by Gasteiger charge is 2.10. The molecule has 2 heteroatoms. The number of aryl methyl sites for hydroxylation is 2. The molecule has 3 aromatic rings. The van der Waals surface area contributed by atoms with E-state index in [9.17, 15) is 0 Å². The SMILES string of the molecule is Cc1cccc(CCC(N)c2cccc3cccnc23)c1. The normalized spacial score (nSPS) is 12.5. The Labute approximate surface area is 125 Å². The summed E-state index contributed by atoms with van der Waals surface area (Å²) in [4.78, 5) is 4.49. The maximum atomic E-state index is 6.41. The van der Waals surface area contributed by atoms with E-state index in [1.807, 2.05) is 12.3 Å². The fourth-order valence-electron chi connectivity index (χ4n) is 2.77. The Morgan fingerprint density at radius 3 is 2.71 bits per heavy atom. The van der Waals surface area contributed by atoms with Crippen LogP contribution in [0.1, 0.15) is 29.2 Å². The number of pyridine rings is 1. The van der Waals surface area contributed by atoms with Gasteiger partial charge in [0.05, 0.1) is 5.52 Å². The summed E-state index contributed by atoms with van der Waals surface area (Å²) in [6.07, 6.45) is 3.75.